The van der Waals surface area contributed by atoms with Crippen molar-refractivity contribution in [1.82, 2.24) is 0 Å². The molecule has 0 saturated carbocycles. The number of carbonyl (C=O) groups excluding carboxylic acids is 1. The highest BCUT2D eigenvalue weighted by atomic mass is 19.4. The lowest BCUT2D eigenvalue weighted by Gasteiger charge is -2.39. The fourth-order valence-corrected chi connectivity index (χ4v) is 2.01. The molecule has 0 aromatic heterocycles. The third-order valence-electron chi connectivity index (χ3n) is 3.87. The largest absolute Gasteiger partial charge is 0.496 e. The highest BCUT2D eigenvalue weighted by Gasteiger charge is 2.91. The van der Waals surface area contributed by atoms with Crippen molar-refractivity contribution in [3.8, 4) is 5.75 Å². The Morgan fingerprint density at radius 2 is 1.30 bits per heavy atom. The van der Waals surface area contributed by atoms with Crippen LogP contribution in [-0.4, -0.2) is 53.7 Å². The smallest absolute Gasteiger partial charge is 0.460 e. The molecule has 0 bridgehead atoms. The number of ether oxygens (including phenoxy) is 1. The Morgan fingerprint density at radius 3 is 1.70 bits per heavy atom. The fraction of sp³-hybridized carbons (Fsp3) is 0.500. The molecule has 0 aliphatic heterocycles. The highest BCUT2D eigenvalue weighted by Crippen LogP contribution is 2.60. The van der Waals surface area contributed by atoms with Gasteiger partial charge in [0.1, 0.15) is 11.4 Å². The monoisotopic (exact) mass is 514 g/mol. The molecule has 188 valence electrons. The van der Waals surface area contributed by atoms with Crippen LogP contribution in [0.25, 0.3) is 0 Å². The lowest BCUT2D eigenvalue weighted by Crippen LogP contribution is -2.71. The molecule has 0 aliphatic rings. The Morgan fingerprint density at radius 1 is 0.848 bits per heavy atom. The van der Waals surface area contributed by atoms with E-state index in [9.17, 15) is 72.0 Å². The normalized spacial score (nSPS) is 14.1. The summed E-state index contributed by atoms with van der Waals surface area (Å²) in [7, 11) is 0.936. The van der Waals surface area contributed by atoms with E-state index in [0.717, 1.165) is 7.11 Å². The van der Waals surface area contributed by atoms with Gasteiger partial charge in [-0.05, 0) is 12.1 Å². The first-order valence-corrected chi connectivity index (χ1v) is 7.60. The van der Waals surface area contributed by atoms with Gasteiger partial charge in [-0.2, -0.15) is 57.1 Å². The second-order valence-electron chi connectivity index (χ2n) is 5.96. The number of nitro groups is 1. The van der Waals surface area contributed by atoms with Crippen LogP contribution in [0, 0.1) is 10.1 Å². The van der Waals surface area contributed by atoms with Gasteiger partial charge in [0.25, 0.3) is 5.69 Å². The van der Waals surface area contributed by atoms with Crippen LogP contribution < -0.4 is 10.1 Å². The minimum Gasteiger partial charge on any atom is -0.496 e. The summed E-state index contributed by atoms with van der Waals surface area (Å²) in [6.45, 7) is 0. The van der Waals surface area contributed by atoms with Crippen molar-refractivity contribution in [3.63, 3.8) is 0 Å². The van der Waals surface area contributed by atoms with Gasteiger partial charge in [-0.1, -0.05) is 0 Å². The van der Waals surface area contributed by atoms with Crippen molar-refractivity contribution in [2.75, 3.05) is 12.4 Å². The summed E-state index contributed by atoms with van der Waals surface area (Å²) in [4.78, 5) is 20.9. The summed E-state index contributed by atoms with van der Waals surface area (Å²) >= 11 is 0. The first kappa shape index (κ1) is 28.0. The van der Waals surface area contributed by atoms with E-state index in [1.54, 1.807) is 0 Å². The van der Waals surface area contributed by atoms with E-state index < -0.39 is 58.0 Å². The highest BCUT2D eigenvalue weighted by molar-refractivity contribution is 5.98. The second-order valence-corrected chi connectivity index (χ2v) is 5.96. The quantitative estimate of drug-likeness (QED) is 0.291. The molecule has 1 aromatic carbocycles. The summed E-state index contributed by atoms with van der Waals surface area (Å²) in [6, 6.07) is 1.43. The van der Waals surface area contributed by atoms with E-state index in [4.69, 9.17) is 0 Å². The molecule has 0 fully saturated rings. The Kier molecular flexibility index (Phi) is 6.86. The maximum atomic E-state index is 13.8. The van der Waals surface area contributed by atoms with Crippen molar-refractivity contribution in [2.45, 2.75) is 35.8 Å². The molecule has 19 heteroatoms. The summed E-state index contributed by atoms with van der Waals surface area (Å²) < 4.78 is 174. The van der Waals surface area contributed by atoms with E-state index in [-0.39, 0.29) is 5.75 Å². The number of hydrogen-bond acceptors (Lipinski definition) is 4. The predicted molar refractivity (Wildman–Crippen MR) is 79.1 cm³/mol. The maximum absolute atomic E-state index is 13.8. The Hall–Kier alpha value is -3.02. The van der Waals surface area contributed by atoms with Crippen LogP contribution in [0.5, 0.6) is 5.75 Å². The van der Waals surface area contributed by atoms with Gasteiger partial charge in [0.15, 0.2) is 0 Å². The summed E-state index contributed by atoms with van der Waals surface area (Å²) in [5.74, 6) is -43.3. The third kappa shape index (κ3) is 4.19. The number of halogens is 13. The van der Waals surface area contributed by atoms with E-state index in [1.807, 2.05) is 0 Å². The molecule has 0 unspecified atom stereocenters. The van der Waals surface area contributed by atoms with Crippen LogP contribution in [0.3, 0.4) is 0 Å². The van der Waals surface area contributed by atoms with Gasteiger partial charge in [0.2, 0.25) is 0 Å². The van der Waals surface area contributed by atoms with E-state index in [2.05, 4.69) is 4.74 Å². The number of hydrogen-bond donors (Lipinski definition) is 1. The molecule has 0 saturated heterocycles. The minimum atomic E-state index is -8.18. The molecule has 0 radical (unpaired) electrons. The summed E-state index contributed by atoms with van der Waals surface area (Å²) in [5.41, 5.74) is -2.78. The number of nitro benzene ring substituents is 1. The number of amides is 1. The Balaban J connectivity index is 3.49. The second kappa shape index (κ2) is 8.08. The fourth-order valence-electron chi connectivity index (χ4n) is 2.01. The van der Waals surface area contributed by atoms with Crippen LogP contribution in [0.1, 0.15) is 0 Å². The molecular weight excluding hydrogens is 507 g/mol. The lowest BCUT2D eigenvalue weighted by atomic mass is 9.93. The molecule has 1 aromatic rings. The molecular formula is C14H7F13N2O4. The van der Waals surface area contributed by atoms with Crippen LogP contribution in [0.15, 0.2) is 18.2 Å². The van der Waals surface area contributed by atoms with Crippen LogP contribution in [0.2, 0.25) is 0 Å². The van der Waals surface area contributed by atoms with Crippen molar-refractivity contribution >= 4 is 17.3 Å². The zero-order valence-electron chi connectivity index (χ0n) is 15.2. The van der Waals surface area contributed by atoms with Gasteiger partial charge in [0, 0.05) is 0 Å². The molecule has 6 nitrogen and oxygen atoms in total. The minimum absolute atomic E-state index is 0.341. The average Bonchev–Trinajstić information content (AvgIpc) is 2.66. The SMILES string of the molecule is COc1ccc(NC(=O)C(F)(F)C(F)(F)C(F)(F)C(F)(F)C(F)(F)C(F)(F)F)c([N+](=O)[O-])c1. The number of anilines is 1. The standard InChI is InChI=1S/C14H7F13N2O4/c1-33-5-2-3-6(7(4-5)29(31)32)28-8(30)9(15,16)10(17,18)11(19,20)12(21,22)13(23,24)14(25,26)27/h2-4H,1H3,(H,28,30). The zero-order valence-corrected chi connectivity index (χ0v) is 15.2. The van der Waals surface area contributed by atoms with Gasteiger partial charge in [-0.15, -0.1) is 0 Å². The topological polar surface area (TPSA) is 81.5 Å². The van der Waals surface area contributed by atoms with Gasteiger partial charge in [0.05, 0.1) is 18.1 Å². The average molecular weight is 514 g/mol. The van der Waals surface area contributed by atoms with Gasteiger partial charge >= 0.3 is 41.7 Å². The lowest BCUT2D eigenvalue weighted by molar-refractivity contribution is -0.435. The van der Waals surface area contributed by atoms with Gasteiger partial charge in [-0.3, -0.25) is 14.9 Å². The molecule has 0 aliphatic carbocycles. The molecule has 1 amide bonds. The summed E-state index contributed by atoms with van der Waals surface area (Å²) in [5, 5.41) is 11.5. The number of carbonyl (C=O) groups is 1. The zero-order chi connectivity index (χ0) is 26.4. The molecule has 33 heavy (non-hydrogen) atoms. The van der Waals surface area contributed by atoms with Crippen molar-refractivity contribution in [1.29, 1.82) is 0 Å². The van der Waals surface area contributed by atoms with E-state index in [0.29, 0.717) is 23.5 Å². The number of benzene rings is 1. The molecule has 1 rings (SSSR count). The van der Waals surface area contributed by atoms with E-state index >= 15 is 0 Å². The van der Waals surface area contributed by atoms with Crippen LogP contribution in [0.4, 0.5) is 68.5 Å². The van der Waals surface area contributed by atoms with Crippen molar-refractivity contribution < 1.29 is 71.5 Å². The number of nitrogens with one attached hydrogen (secondary N) is 1. The predicted octanol–water partition coefficient (Wildman–Crippen LogP) is 5.28. The first-order chi connectivity index (χ1) is 14.5. The van der Waals surface area contributed by atoms with Crippen molar-refractivity contribution in [2.24, 2.45) is 0 Å². The molecule has 0 atom stereocenters. The molecule has 0 heterocycles. The van der Waals surface area contributed by atoms with Gasteiger partial charge < -0.3 is 10.1 Å². The summed E-state index contributed by atoms with van der Waals surface area (Å²) in [6.07, 6.45) is -7.60. The third-order valence-corrected chi connectivity index (χ3v) is 3.87. The molecule has 1 N–H and O–H groups in total. The van der Waals surface area contributed by atoms with Crippen LogP contribution in [-0.2, 0) is 4.79 Å². The number of methoxy groups -OCH3 is 1. The van der Waals surface area contributed by atoms with Crippen LogP contribution >= 0.6 is 0 Å². The Bertz CT molecular complexity index is 930. The Labute approximate surface area is 172 Å². The van der Waals surface area contributed by atoms with Gasteiger partial charge in [-0.25, -0.2) is 0 Å². The number of alkyl halides is 13. The maximum Gasteiger partial charge on any atom is 0.460 e. The van der Waals surface area contributed by atoms with E-state index in [1.165, 1.54) is 0 Å². The number of nitrogens with zero attached hydrogens (tertiary/aromatic N) is 1. The first-order valence-electron chi connectivity index (χ1n) is 7.60. The molecule has 0 spiro atoms. The number of rotatable bonds is 8. The van der Waals surface area contributed by atoms with Crippen molar-refractivity contribution in [3.05, 3.63) is 28.3 Å².